The summed E-state index contributed by atoms with van der Waals surface area (Å²) in [5.41, 5.74) is -1.06. The third kappa shape index (κ3) is 4.06. The Bertz CT molecular complexity index is 440. The first-order valence-electron chi connectivity index (χ1n) is 4.70. The van der Waals surface area contributed by atoms with E-state index in [1.54, 1.807) is 0 Å². The number of hydrogen-bond donors (Lipinski definition) is 1. The van der Waals surface area contributed by atoms with Gasteiger partial charge in [-0.3, -0.25) is 4.79 Å². The van der Waals surface area contributed by atoms with E-state index in [1.165, 1.54) is 14.2 Å². The number of anilines is 1. The number of carbonyl (C=O) groups is 1. The van der Waals surface area contributed by atoms with Gasteiger partial charge in [-0.1, -0.05) is 11.8 Å². The lowest BCUT2D eigenvalue weighted by Crippen LogP contribution is -2.11. The first-order valence-corrected chi connectivity index (χ1v) is 5.69. The first-order chi connectivity index (χ1) is 8.36. The van der Waals surface area contributed by atoms with Crippen LogP contribution in [0.5, 0.6) is 0 Å². The number of nitrogens with one attached hydrogen (secondary N) is 1. The predicted molar refractivity (Wildman–Crippen MR) is 59.3 cm³/mol. The molecule has 0 amide bonds. The summed E-state index contributed by atoms with van der Waals surface area (Å²) in [6.07, 6.45) is -4.56. The van der Waals surface area contributed by atoms with Crippen LogP contribution in [-0.2, 0) is 15.7 Å². The number of esters is 1. The van der Waals surface area contributed by atoms with Crippen LogP contribution in [0.4, 0.5) is 19.1 Å². The van der Waals surface area contributed by atoms with Gasteiger partial charge in [0, 0.05) is 13.1 Å². The van der Waals surface area contributed by atoms with Crippen LogP contribution in [-0.4, -0.2) is 35.8 Å². The second-order valence-electron chi connectivity index (χ2n) is 3.03. The molecule has 1 rings (SSSR count). The summed E-state index contributed by atoms with van der Waals surface area (Å²) >= 11 is 0.847. The van der Waals surface area contributed by atoms with Gasteiger partial charge in [0.05, 0.1) is 12.9 Å². The second kappa shape index (κ2) is 5.89. The molecule has 1 aromatic heterocycles. The van der Waals surface area contributed by atoms with Crippen molar-refractivity contribution in [2.45, 2.75) is 11.2 Å². The van der Waals surface area contributed by atoms with Crippen LogP contribution in [0.2, 0.25) is 0 Å². The molecule has 18 heavy (non-hydrogen) atoms. The predicted octanol–water partition coefficient (Wildman–Crippen LogP) is 1.80. The van der Waals surface area contributed by atoms with Crippen molar-refractivity contribution in [3.63, 3.8) is 0 Å². The zero-order chi connectivity index (χ0) is 13.8. The highest BCUT2D eigenvalue weighted by Gasteiger charge is 2.33. The maximum Gasteiger partial charge on any atom is 0.433 e. The van der Waals surface area contributed by atoms with E-state index >= 15 is 0 Å². The number of alkyl halides is 3. The summed E-state index contributed by atoms with van der Waals surface area (Å²) in [6, 6.07) is 0.786. The van der Waals surface area contributed by atoms with Crippen molar-refractivity contribution in [1.29, 1.82) is 0 Å². The van der Waals surface area contributed by atoms with Gasteiger partial charge in [-0.2, -0.15) is 13.2 Å². The second-order valence-corrected chi connectivity index (χ2v) is 4.02. The Morgan fingerprint density at radius 3 is 2.67 bits per heavy atom. The zero-order valence-corrected chi connectivity index (χ0v) is 10.4. The summed E-state index contributed by atoms with van der Waals surface area (Å²) in [5, 5.41) is 2.48. The molecular formula is C9H10F3N3O2S. The molecule has 0 fully saturated rings. The van der Waals surface area contributed by atoms with Gasteiger partial charge in [0.25, 0.3) is 0 Å². The molecule has 0 radical (unpaired) electrons. The molecule has 0 aliphatic carbocycles. The molecular weight excluding hydrogens is 271 g/mol. The van der Waals surface area contributed by atoms with E-state index < -0.39 is 17.8 Å². The number of carbonyl (C=O) groups excluding carboxylic acids is 1. The van der Waals surface area contributed by atoms with Crippen LogP contribution < -0.4 is 5.32 Å². The molecule has 9 heteroatoms. The number of nitrogens with zero attached hydrogens (tertiary/aromatic N) is 2. The lowest BCUT2D eigenvalue weighted by Gasteiger charge is -2.09. The van der Waals surface area contributed by atoms with Crippen LogP contribution in [0, 0.1) is 0 Å². The van der Waals surface area contributed by atoms with Gasteiger partial charge in [0.1, 0.15) is 5.03 Å². The Morgan fingerprint density at radius 1 is 1.50 bits per heavy atom. The molecule has 0 atom stereocenters. The zero-order valence-electron chi connectivity index (χ0n) is 9.54. The van der Waals surface area contributed by atoms with Gasteiger partial charge in [-0.05, 0) is 0 Å². The van der Waals surface area contributed by atoms with Crippen molar-refractivity contribution < 1.29 is 22.7 Å². The third-order valence-electron chi connectivity index (χ3n) is 1.78. The molecule has 0 saturated carbocycles. The summed E-state index contributed by atoms with van der Waals surface area (Å²) in [6.45, 7) is 0. The Balaban J connectivity index is 2.94. The average molecular weight is 281 g/mol. The highest BCUT2D eigenvalue weighted by molar-refractivity contribution is 7.99. The lowest BCUT2D eigenvalue weighted by molar-refractivity contribution is -0.141. The van der Waals surface area contributed by atoms with E-state index in [9.17, 15) is 18.0 Å². The van der Waals surface area contributed by atoms with Gasteiger partial charge in [-0.25, -0.2) is 9.97 Å². The van der Waals surface area contributed by atoms with E-state index in [0.29, 0.717) is 0 Å². The summed E-state index contributed by atoms with van der Waals surface area (Å²) in [4.78, 5) is 18.0. The van der Waals surface area contributed by atoms with Crippen molar-refractivity contribution in [1.82, 2.24) is 9.97 Å². The van der Waals surface area contributed by atoms with E-state index in [1.807, 2.05) is 0 Å². The third-order valence-corrected chi connectivity index (χ3v) is 2.67. The Hall–Kier alpha value is -1.51. The standard InChI is InChI=1S/C9H10F3N3O2S/c1-13-8-14-5(9(10,11)12)3-6(15-8)18-4-7(16)17-2/h3H,4H2,1-2H3,(H,13,14,15). The molecule has 1 N–H and O–H groups in total. The fraction of sp³-hybridized carbons (Fsp3) is 0.444. The number of methoxy groups -OCH3 is 1. The van der Waals surface area contributed by atoms with Crippen molar-refractivity contribution in [2.75, 3.05) is 25.2 Å². The molecule has 0 spiro atoms. The van der Waals surface area contributed by atoms with E-state index in [0.717, 1.165) is 17.8 Å². The highest BCUT2D eigenvalue weighted by Crippen LogP contribution is 2.30. The fourth-order valence-corrected chi connectivity index (χ4v) is 1.68. The number of hydrogen-bond acceptors (Lipinski definition) is 6. The van der Waals surface area contributed by atoms with Crippen molar-refractivity contribution in [3.8, 4) is 0 Å². The fourth-order valence-electron chi connectivity index (χ4n) is 0.948. The van der Waals surface area contributed by atoms with E-state index in [-0.39, 0.29) is 16.7 Å². The minimum atomic E-state index is -4.56. The van der Waals surface area contributed by atoms with Crippen LogP contribution >= 0.6 is 11.8 Å². The van der Waals surface area contributed by atoms with Gasteiger partial charge < -0.3 is 10.1 Å². The molecule has 1 heterocycles. The molecule has 5 nitrogen and oxygen atoms in total. The van der Waals surface area contributed by atoms with Crippen LogP contribution in [0.15, 0.2) is 11.1 Å². The summed E-state index contributed by atoms with van der Waals surface area (Å²) < 4.78 is 42.0. The van der Waals surface area contributed by atoms with Crippen molar-refractivity contribution in [3.05, 3.63) is 11.8 Å². The Kier molecular flexibility index (Phi) is 4.76. The van der Waals surface area contributed by atoms with Gasteiger partial charge >= 0.3 is 12.1 Å². The van der Waals surface area contributed by atoms with Crippen LogP contribution in [0.25, 0.3) is 0 Å². The van der Waals surface area contributed by atoms with E-state index in [4.69, 9.17) is 0 Å². The van der Waals surface area contributed by atoms with Gasteiger partial charge in [0.2, 0.25) is 5.95 Å². The summed E-state index contributed by atoms with van der Waals surface area (Å²) in [7, 11) is 2.60. The maximum atomic E-state index is 12.5. The first kappa shape index (κ1) is 14.6. The molecule has 1 aromatic rings. The minimum absolute atomic E-state index is 0.0482. The molecule has 0 aliphatic rings. The van der Waals surface area contributed by atoms with Gasteiger partial charge in [0.15, 0.2) is 5.69 Å². The minimum Gasteiger partial charge on any atom is -0.468 e. The Morgan fingerprint density at radius 2 is 2.17 bits per heavy atom. The van der Waals surface area contributed by atoms with Crippen LogP contribution in [0.3, 0.4) is 0 Å². The topological polar surface area (TPSA) is 64.1 Å². The molecule has 100 valence electrons. The largest absolute Gasteiger partial charge is 0.468 e. The number of rotatable bonds is 4. The van der Waals surface area contributed by atoms with Crippen molar-refractivity contribution in [2.24, 2.45) is 0 Å². The number of aromatic nitrogens is 2. The number of ether oxygens (including phenoxy) is 1. The monoisotopic (exact) mass is 281 g/mol. The normalized spacial score (nSPS) is 11.2. The smallest absolute Gasteiger partial charge is 0.433 e. The summed E-state index contributed by atoms with van der Waals surface area (Å²) in [5.74, 6) is -0.816. The van der Waals surface area contributed by atoms with Crippen LogP contribution in [0.1, 0.15) is 5.69 Å². The number of thioether (sulfide) groups is 1. The molecule has 0 aliphatic heterocycles. The average Bonchev–Trinajstić information content (AvgIpc) is 2.34. The van der Waals surface area contributed by atoms with E-state index in [2.05, 4.69) is 20.0 Å². The molecule has 0 saturated heterocycles. The Labute approximate surface area is 105 Å². The molecule has 0 aromatic carbocycles. The highest BCUT2D eigenvalue weighted by atomic mass is 32.2. The maximum absolute atomic E-state index is 12.5. The van der Waals surface area contributed by atoms with Crippen molar-refractivity contribution >= 4 is 23.7 Å². The molecule has 0 bridgehead atoms. The lowest BCUT2D eigenvalue weighted by atomic mass is 10.4. The molecule has 0 unspecified atom stereocenters. The SMILES string of the molecule is CNc1nc(SCC(=O)OC)cc(C(F)(F)F)n1. The number of halogens is 3. The quantitative estimate of drug-likeness (QED) is 0.516. The van der Waals surface area contributed by atoms with Gasteiger partial charge in [-0.15, -0.1) is 0 Å².